The zero-order chi connectivity index (χ0) is 15.5. The molecule has 1 aromatic carbocycles. The number of amides is 1. The third-order valence-corrected chi connectivity index (χ3v) is 3.53. The molecule has 0 spiro atoms. The largest absolute Gasteiger partial charge is 0.488 e. The van der Waals surface area contributed by atoms with Crippen LogP contribution >= 0.6 is 0 Å². The van der Waals surface area contributed by atoms with Gasteiger partial charge in [-0.05, 0) is 19.1 Å². The molecule has 0 N–H and O–H groups in total. The fourth-order valence-electron chi connectivity index (χ4n) is 2.41. The second-order valence-corrected chi connectivity index (χ2v) is 5.28. The van der Waals surface area contributed by atoms with E-state index in [1.54, 1.807) is 23.2 Å². The van der Waals surface area contributed by atoms with Gasteiger partial charge in [-0.25, -0.2) is 9.37 Å². The van der Waals surface area contributed by atoms with Crippen LogP contribution in [0.3, 0.4) is 0 Å². The molecule has 1 fully saturated rings. The highest BCUT2D eigenvalue weighted by atomic mass is 19.1. The Morgan fingerprint density at radius 1 is 1.36 bits per heavy atom. The summed E-state index contributed by atoms with van der Waals surface area (Å²) in [5.74, 6) is -0.00868. The standard InChI is InChI=1S/C16H16FN3O2/c1-11-8-19-15(9-18-11)16(21)20-6-5-14(10-20)22-13-4-2-3-12(17)7-13/h2-4,7-9,14H,5-6,10H2,1H3. The lowest BCUT2D eigenvalue weighted by molar-refractivity contribution is 0.0766. The third kappa shape index (κ3) is 3.21. The number of hydrogen-bond donors (Lipinski definition) is 0. The number of hydrogen-bond acceptors (Lipinski definition) is 4. The van der Waals surface area contributed by atoms with Crippen molar-refractivity contribution in [3.05, 3.63) is 53.9 Å². The van der Waals surface area contributed by atoms with Gasteiger partial charge in [0.25, 0.3) is 5.91 Å². The number of carbonyl (C=O) groups is 1. The van der Waals surface area contributed by atoms with Crippen LogP contribution in [-0.2, 0) is 0 Å². The van der Waals surface area contributed by atoms with Crippen LogP contribution in [0.2, 0.25) is 0 Å². The fraction of sp³-hybridized carbons (Fsp3) is 0.312. The maximum atomic E-state index is 13.1. The summed E-state index contributed by atoms with van der Waals surface area (Å²) in [6, 6.07) is 6.02. The summed E-state index contributed by atoms with van der Waals surface area (Å²) in [6.45, 7) is 2.87. The number of benzene rings is 1. The lowest BCUT2D eigenvalue weighted by Crippen LogP contribution is -2.31. The molecular weight excluding hydrogens is 285 g/mol. The quantitative estimate of drug-likeness (QED) is 0.872. The van der Waals surface area contributed by atoms with Crippen molar-refractivity contribution < 1.29 is 13.9 Å². The summed E-state index contributed by atoms with van der Waals surface area (Å²) >= 11 is 0. The number of ether oxygens (including phenoxy) is 1. The molecule has 6 heteroatoms. The fourth-order valence-corrected chi connectivity index (χ4v) is 2.41. The smallest absolute Gasteiger partial charge is 0.274 e. The van der Waals surface area contributed by atoms with Gasteiger partial charge in [-0.3, -0.25) is 9.78 Å². The predicted octanol–water partition coefficient (Wildman–Crippen LogP) is 2.22. The number of rotatable bonds is 3. The van der Waals surface area contributed by atoms with E-state index in [0.29, 0.717) is 31.0 Å². The minimum atomic E-state index is -0.335. The Morgan fingerprint density at radius 3 is 2.95 bits per heavy atom. The highest BCUT2D eigenvalue weighted by molar-refractivity contribution is 5.92. The first kappa shape index (κ1) is 14.4. The van der Waals surface area contributed by atoms with Gasteiger partial charge >= 0.3 is 0 Å². The minimum absolute atomic E-state index is 0.135. The Hall–Kier alpha value is -2.50. The van der Waals surface area contributed by atoms with Crippen LogP contribution < -0.4 is 4.74 Å². The SMILES string of the molecule is Cc1cnc(C(=O)N2CCC(Oc3cccc(F)c3)C2)cn1. The normalized spacial score (nSPS) is 17.5. The Labute approximate surface area is 127 Å². The molecule has 0 radical (unpaired) electrons. The van der Waals surface area contributed by atoms with Gasteiger partial charge in [-0.2, -0.15) is 0 Å². The summed E-state index contributed by atoms with van der Waals surface area (Å²) in [5.41, 5.74) is 1.10. The molecule has 1 aromatic heterocycles. The zero-order valence-electron chi connectivity index (χ0n) is 12.2. The second kappa shape index (κ2) is 6.09. The van der Waals surface area contributed by atoms with Gasteiger partial charge < -0.3 is 9.64 Å². The monoisotopic (exact) mass is 301 g/mol. The molecule has 0 saturated carbocycles. The average Bonchev–Trinajstić information content (AvgIpc) is 2.96. The summed E-state index contributed by atoms with van der Waals surface area (Å²) < 4.78 is 18.9. The number of aromatic nitrogens is 2. The summed E-state index contributed by atoms with van der Waals surface area (Å²) in [6.07, 6.45) is 3.63. The van der Waals surface area contributed by atoms with Gasteiger partial charge in [-0.15, -0.1) is 0 Å². The molecular formula is C16H16FN3O2. The van der Waals surface area contributed by atoms with E-state index in [2.05, 4.69) is 9.97 Å². The number of halogens is 1. The maximum Gasteiger partial charge on any atom is 0.274 e. The number of aryl methyl sites for hydroxylation is 1. The Balaban J connectivity index is 1.62. The molecule has 1 saturated heterocycles. The molecule has 1 amide bonds. The van der Waals surface area contributed by atoms with E-state index in [0.717, 1.165) is 5.69 Å². The van der Waals surface area contributed by atoms with Crippen LogP contribution in [0.25, 0.3) is 0 Å². The van der Waals surface area contributed by atoms with Crippen LogP contribution in [0.4, 0.5) is 4.39 Å². The van der Waals surface area contributed by atoms with E-state index in [1.807, 2.05) is 6.92 Å². The van der Waals surface area contributed by atoms with E-state index < -0.39 is 0 Å². The Kier molecular flexibility index (Phi) is 4.00. The first-order valence-corrected chi connectivity index (χ1v) is 7.12. The van der Waals surface area contributed by atoms with Crippen LogP contribution in [0.1, 0.15) is 22.6 Å². The first-order valence-electron chi connectivity index (χ1n) is 7.12. The van der Waals surface area contributed by atoms with Gasteiger partial charge in [0.1, 0.15) is 23.4 Å². The van der Waals surface area contributed by atoms with Crippen molar-refractivity contribution in [2.24, 2.45) is 0 Å². The van der Waals surface area contributed by atoms with Gasteiger partial charge in [0.2, 0.25) is 0 Å². The van der Waals surface area contributed by atoms with Crippen molar-refractivity contribution in [3.63, 3.8) is 0 Å². The molecule has 1 aliphatic rings. The Morgan fingerprint density at radius 2 is 2.23 bits per heavy atom. The highest BCUT2D eigenvalue weighted by Crippen LogP contribution is 2.20. The van der Waals surface area contributed by atoms with E-state index in [4.69, 9.17) is 4.74 Å². The number of nitrogens with zero attached hydrogens (tertiary/aromatic N) is 3. The van der Waals surface area contributed by atoms with Gasteiger partial charge in [0.15, 0.2) is 0 Å². The zero-order valence-corrected chi connectivity index (χ0v) is 12.2. The van der Waals surface area contributed by atoms with E-state index in [-0.39, 0.29) is 17.8 Å². The number of likely N-dealkylation sites (tertiary alicyclic amines) is 1. The summed E-state index contributed by atoms with van der Waals surface area (Å²) in [4.78, 5) is 22.2. The minimum Gasteiger partial charge on any atom is -0.488 e. The number of carbonyl (C=O) groups excluding carboxylic acids is 1. The van der Waals surface area contributed by atoms with Gasteiger partial charge in [-0.1, -0.05) is 6.07 Å². The third-order valence-electron chi connectivity index (χ3n) is 3.53. The van der Waals surface area contributed by atoms with E-state index >= 15 is 0 Å². The van der Waals surface area contributed by atoms with Crippen molar-refractivity contribution in [2.45, 2.75) is 19.4 Å². The molecule has 114 valence electrons. The Bertz CT molecular complexity index is 675. The molecule has 2 aromatic rings. The van der Waals surface area contributed by atoms with E-state index in [1.165, 1.54) is 18.3 Å². The van der Waals surface area contributed by atoms with Gasteiger partial charge in [0.05, 0.1) is 18.4 Å². The predicted molar refractivity (Wildman–Crippen MR) is 78.1 cm³/mol. The van der Waals surface area contributed by atoms with Crippen molar-refractivity contribution in [2.75, 3.05) is 13.1 Å². The molecule has 0 bridgehead atoms. The highest BCUT2D eigenvalue weighted by Gasteiger charge is 2.29. The van der Waals surface area contributed by atoms with Crippen molar-refractivity contribution in [1.29, 1.82) is 0 Å². The lowest BCUT2D eigenvalue weighted by atomic mass is 10.3. The molecule has 1 aliphatic heterocycles. The molecule has 5 nitrogen and oxygen atoms in total. The molecule has 3 rings (SSSR count). The topological polar surface area (TPSA) is 55.3 Å². The lowest BCUT2D eigenvalue weighted by Gasteiger charge is -2.16. The second-order valence-electron chi connectivity index (χ2n) is 5.28. The van der Waals surface area contributed by atoms with Crippen molar-refractivity contribution >= 4 is 5.91 Å². The summed E-state index contributed by atoms with van der Waals surface area (Å²) in [5, 5.41) is 0. The maximum absolute atomic E-state index is 13.1. The molecule has 1 atom stereocenters. The van der Waals surface area contributed by atoms with Crippen molar-refractivity contribution in [1.82, 2.24) is 14.9 Å². The molecule has 1 unspecified atom stereocenters. The van der Waals surface area contributed by atoms with E-state index in [9.17, 15) is 9.18 Å². The first-order chi connectivity index (χ1) is 10.6. The molecule has 22 heavy (non-hydrogen) atoms. The molecule has 2 heterocycles. The van der Waals surface area contributed by atoms with Crippen LogP contribution in [0, 0.1) is 12.7 Å². The van der Waals surface area contributed by atoms with Crippen LogP contribution in [0.5, 0.6) is 5.75 Å². The molecule has 0 aliphatic carbocycles. The van der Waals surface area contributed by atoms with Crippen molar-refractivity contribution in [3.8, 4) is 5.75 Å². The summed E-state index contributed by atoms with van der Waals surface area (Å²) in [7, 11) is 0. The van der Waals surface area contributed by atoms with Crippen LogP contribution in [0.15, 0.2) is 36.7 Å². The van der Waals surface area contributed by atoms with Gasteiger partial charge in [0, 0.05) is 25.2 Å². The van der Waals surface area contributed by atoms with Crippen LogP contribution in [-0.4, -0.2) is 40.0 Å². The average molecular weight is 301 g/mol.